The van der Waals surface area contributed by atoms with E-state index in [-0.39, 0.29) is 0 Å². The number of benzene rings is 1. The van der Waals surface area contributed by atoms with Crippen molar-refractivity contribution in [2.45, 2.75) is 6.42 Å². The maximum atomic E-state index is 9.03. The minimum absolute atomic E-state index is 0.473. The summed E-state index contributed by atoms with van der Waals surface area (Å²) in [6, 6.07) is 9.47. The number of nitrogens with one attached hydrogen (secondary N) is 1. The van der Waals surface area contributed by atoms with Gasteiger partial charge in [0.1, 0.15) is 6.07 Å². The maximum Gasteiger partial charge on any atom is 0.103 e. The molecule has 0 unspecified atom stereocenters. The zero-order valence-corrected chi connectivity index (χ0v) is 10.8. The fraction of sp³-hybridized carbons (Fsp3) is 0.231. The first-order valence-electron chi connectivity index (χ1n) is 5.61. The van der Waals surface area contributed by atoms with Gasteiger partial charge in [0.25, 0.3) is 0 Å². The molecule has 18 heavy (non-hydrogen) atoms. The third-order valence-electron chi connectivity index (χ3n) is 2.59. The molecule has 0 amide bonds. The van der Waals surface area contributed by atoms with Crippen molar-refractivity contribution < 1.29 is 0 Å². The molecule has 0 spiro atoms. The van der Waals surface area contributed by atoms with Crippen molar-refractivity contribution in [3.63, 3.8) is 0 Å². The van der Waals surface area contributed by atoms with E-state index in [0.717, 1.165) is 17.8 Å². The number of nitriles is 1. The Labute approximate surface area is 111 Å². The Bertz CT molecular complexity index is 583. The molecule has 1 aromatic carbocycles. The van der Waals surface area contributed by atoms with E-state index in [2.05, 4.69) is 16.5 Å². The van der Waals surface area contributed by atoms with E-state index in [1.807, 2.05) is 31.4 Å². The second-order valence-corrected chi connectivity index (χ2v) is 4.34. The van der Waals surface area contributed by atoms with E-state index >= 15 is 0 Å². The van der Waals surface area contributed by atoms with Gasteiger partial charge in [-0.3, -0.25) is 4.68 Å². The van der Waals surface area contributed by atoms with E-state index in [4.69, 9.17) is 16.9 Å². The molecule has 4 nitrogen and oxygen atoms in total. The molecule has 0 atom stereocenters. The summed E-state index contributed by atoms with van der Waals surface area (Å²) >= 11 is 5.95. The summed E-state index contributed by atoms with van der Waals surface area (Å²) in [5.74, 6) is 0. The van der Waals surface area contributed by atoms with Crippen LogP contribution in [-0.2, 0) is 13.5 Å². The quantitative estimate of drug-likeness (QED) is 0.919. The minimum Gasteiger partial charge on any atom is -0.384 e. The topological polar surface area (TPSA) is 53.6 Å². The number of aryl methyl sites for hydroxylation is 1. The van der Waals surface area contributed by atoms with E-state index in [1.54, 1.807) is 10.7 Å². The fourth-order valence-electron chi connectivity index (χ4n) is 1.71. The summed E-state index contributed by atoms with van der Waals surface area (Å²) in [6.07, 6.45) is 2.72. The minimum atomic E-state index is 0.473. The van der Waals surface area contributed by atoms with Crippen LogP contribution in [0, 0.1) is 11.3 Å². The number of anilines is 1. The molecule has 0 saturated heterocycles. The van der Waals surface area contributed by atoms with E-state index in [0.29, 0.717) is 17.1 Å². The first-order valence-corrected chi connectivity index (χ1v) is 5.99. The molecule has 0 saturated carbocycles. The van der Waals surface area contributed by atoms with Crippen LogP contribution >= 0.6 is 11.6 Å². The second kappa shape index (κ2) is 5.56. The highest BCUT2D eigenvalue weighted by Gasteiger charge is 2.05. The van der Waals surface area contributed by atoms with Crippen LogP contribution in [-0.4, -0.2) is 16.3 Å². The first-order chi connectivity index (χ1) is 8.70. The van der Waals surface area contributed by atoms with Gasteiger partial charge in [-0.05, 0) is 18.2 Å². The molecule has 0 fully saturated rings. The third kappa shape index (κ3) is 2.82. The van der Waals surface area contributed by atoms with Crippen molar-refractivity contribution in [3.05, 3.63) is 46.7 Å². The molecule has 2 aromatic rings. The summed E-state index contributed by atoms with van der Waals surface area (Å²) < 4.78 is 1.77. The number of hydrogen-bond donors (Lipinski definition) is 1. The number of rotatable bonds is 4. The van der Waals surface area contributed by atoms with Crippen LogP contribution in [0.15, 0.2) is 30.5 Å². The van der Waals surface area contributed by atoms with Crippen molar-refractivity contribution >= 4 is 17.3 Å². The molecule has 0 aliphatic rings. The fourth-order valence-corrected chi connectivity index (χ4v) is 1.92. The zero-order valence-electron chi connectivity index (χ0n) is 10.0. The van der Waals surface area contributed by atoms with Gasteiger partial charge in [0.2, 0.25) is 0 Å². The highest BCUT2D eigenvalue weighted by molar-refractivity contribution is 6.32. The van der Waals surface area contributed by atoms with Gasteiger partial charge in [-0.2, -0.15) is 10.4 Å². The van der Waals surface area contributed by atoms with Crippen molar-refractivity contribution in [1.29, 1.82) is 5.26 Å². The molecule has 0 aliphatic heterocycles. The molecule has 1 N–H and O–H groups in total. The number of hydrogen-bond acceptors (Lipinski definition) is 3. The summed E-state index contributed by atoms with van der Waals surface area (Å²) in [5.41, 5.74) is 2.27. The highest BCUT2D eigenvalue weighted by atomic mass is 35.5. The van der Waals surface area contributed by atoms with Crippen molar-refractivity contribution in [2.75, 3.05) is 11.9 Å². The Hall–Kier alpha value is -1.99. The van der Waals surface area contributed by atoms with Crippen LogP contribution in [0.25, 0.3) is 0 Å². The van der Waals surface area contributed by atoms with Crippen LogP contribution in [0.1, 0.15) is 11.3 Å². The summed E-state index contributed by atoms with van der Waals surface area (Å²) in [5, 5.41) is 17.0. The molecule has 92 valence electrons. The lowest BCUT2D eigenvalue weighted by Crippen LogP contribution is -2.07. The summed E-state index contributed by atoms with van der Waals surface area (Å²) in [7, 11) is 1.89. The van der Waals surface area contributed by atoms with Gasteiger partial charge in [0.15, 0.2) is 0 Å². The zero-order chi connectivity index (χ0) is 13.0. The first kappa shape index (κ1) is 12.5. The molecule has 1 aromatic heterocycles. The summed E-state index contributed by atoms with van der Waals surface area (Å²) in [6.45, 7) is 0.714. The van der Waals surface area contributed by atoms with E-state index in [9.17, 15) is 0 Å². The van der Waals surface area contributed by atoms with E-state index in [1.165, 1.54) is 0 Å². The van der Waals surface area contributed by atoms with Gasteiger partial charge < -0.3 is 5.32 Å². The van der Waals surface area contributed by atoms with Gasteiger partial charge in [-0.1, -0.05) is 17.7 Å². The predicted molar refractivity (Wildman–Crippen MR) is 71.6 cm³/mol. The molecule has 0 aliphatic carbocycles. The van der Waals surface area contributed by atoms with Crippen LogP contribution in [0.2, 0.25) is 5.02 Å². The number of aromatic nitrogens is 2. The molecular formula is C13H13ClN4. The molecule has 5 heteroatoms. The predicted octanol–water partition coefficient (Wildman–Crippen LogP) is 2.60. The number of halogens is 1. The molecule has 2 rings (SSSR count). The van der Waals surface area contributed by atoms with Gasteiger partial charge in [-0.25, -0.2) is 0 Å². The van der Waals surface area contributed by atoms with Crippen molar-refractivity contribution in [1.82, 2.24) is 9.78 Å². The van der Waals surface area contributed by atoms with E-state index < -0.39 is 0 Å². The molecule has 1 heterocycles. The van der Waals surface area contributed by atoms with Crippen molar-refractivity contribution in [2.24, 2.45) is 7.05 Å². The maximum absolute atomic E-state index is 9.03. The average Bonchev–Trinajstić information content (AvgIpc) is 2.75. The molecule has 0 radical (unpaired) electrons. The lowest BCUT2D eigenvalue weighted by molar-refractivity contribution is 0.742. The lowest BCUT2D eigenvalue weighted by atomic mass is 10.2. The average molecular weight is 261 g/mol. The van der Waals surface area contributed by atoms with Gasteiger partial charge >= 0.3 is 0 Å². The van der Waals surface area contributed by atoms with Crippen molar-refractivity contribution in [3.8, 4) is 6.07 Å². The largest absolute Gasteiger partial charge is 0.384 e. The van der Waals surface area contributed by atoms with Gasteiger partial charge in [-0.15, -0.1) is 0 Å². The normalized spacial score (nSPS) is 10.1. The Morgan fingerprint density at radius 3 is 2.94 bits per heavy atom. The van der Waals surface area contributed by atoms with Crippen LogP contribution in [0.4, 0.5) is 5.69 Å². The Balaban J connectivity index is 1.99. The van der Waals surface area contributed by atoms with Crippen LogP contribution < -0.4 is 5.32 Å². The van der Waals surface area contributed by atoms with Crippen LogP contribution in [0.3, 0.4) is 0 Å². The lowest BCUT2D eigenvalue weighted by Gasteiger charge is -2.08. The summed E-state index contributed by atoms with van der Waals surface area (Å²) in [4.78, 5) is 0. The highest BCUT2D eigenvalue weighted by Crippen LogP contribution is 2.23. The molecule has 0 bridgehead atoms. The number of nitrogens with zero attached hydrogens (tertiary/aromatic N) is 3. The van der Waals surface area contributed by atoms with Gasteiger partial charge in [0, 0.05) is 26.2 Å². The standard InChI is InChI=1S/C13H13ClN4/c1-18-8-6-10(17-18)5-7-16-13-4-2-3-12(14)11(13)9-15/h2-4,6,8,16H,5,7H2,1H3. The Morgan fingerprint density at radius 2 is 2.28 bits per heavy atom. The Kier molecular flexibility index (Phi) is 3.85. The smallest absolute Gasteiger partial charge is 0.103 e. The second-order valence-electron chi connectivity index (χ2n) is 3.93. The van der Waals surface area contributed by atoms with Crippen LogP contribution in [0.5, 0.6) is 0 Å². The Morgan fingerprint density at radius 1 is 1.44 bits per heavy atom. The SMILES string of the molecule is Cn1ccc(CCNc2cccc(Cl)c2C#N)n1. The third-order valence-corrected chi connectivity index (χ3v) is 2.91. The monoisotopic (exact) mass is 260 g/mol. The molecular weight excluding hydrogens is 248 g/mol. The van der Waals surface area contributed by atoms with Gasteiger partial charge in [0.05, 0.1) is 22.0 Å².